The molecule has 0 aliphatic carbocycles. The molecule has 0 aliphatic heterocycles. The zero-order valence-corrected chi connectivity index (χ0v) is 8.74. The van der Waals surface area contributed by atoms with E-state index in [0.29, 0.717) is 5.82 Å². The van der Waals surface area contributed by atoms with Gasteiger partial charge in [-0.05, 0) is 6.92 Å². The maximum absolute atomic E-state index is 5.56. The van der Waals surface area contributed by atoms with Gasteiger partial charge in [-0.25, -0.2) is 9.97 Å². The van der Waals surface area contributed by atoms with Gasteiger partial charge in [-0.2, -0.15) is 0 Å². The predicted octanol–water partition coefficient (Wildman–Crippen LogP) is 2.70. The first kappa shape index (κ1) is 11.5. The van der Waals surface area contributed by atoms with Gasteiger partial charge in [0.05, 0.1) is 0 Å². The van der Waals surface area contributed by atoms with Crippen molar-refractivity contribution in [3.63, 3.8) is 0 Å². The Morgan fingerprint density at radius 1 is 1.08 bits per heavy atom. The number of aromatic nitrogens is 2. The van der Waals surface area contributed by atoms with Crippen LogP contribution in [0.15, 0.2) is 0 Å². The van der Waals surface area contributed by atoms with Crippen molar-refractivity contribution in [3.05, 3.63) is 16.1 Å². The number of hydrogen-bond acceptors (Lipinski definition) is 3. The topological polar surface area (TPSA) is 51.8 Å². The van der Waals surface area contributed by atoms with Gasteiger partial charge in [0.25, 0.3) is 0 Å². The van der Waals surface area contributed by atoms with Crippen molar-refractivity contribution in [3.8, 4) is 0 Å². The maximum Gasteiger partial charge on any atom is 0.157 e. The molecule has 0 amide bonds. The molecule has 0 unspecified atom stereocenters. The lowest BCUT2D eigenvalue weighted by molar-refractivity contribution is 1.06. The maximum atomic E-state index is 5.56. The Balaban J connectivity index is 0.000000561. The third kappa shape index (κ3) is 2.83. The lowest BCUT2D eigenvalue weighted by Crippen LogP contribution is -1.96. The van der Waals surface area contributed by atoms with Crippen LogP contribution in [0.2, 0.25) is 10.3 Å². The average molecular weight is 208 g/mol. The summed E-state index contributed by atoms with van der Waals surface area (Å²) in [6.45, 7) is 5.69. The molecule has 0 spiro atoms. The summed E-state index contributed by atoms with van der Waals surface area (Å²) in [5.74, 6) is 0.518. The summed E-state index contributed by atoms with van der Waals surface area (Å²) in [5.41, 5.74) is 5.59. The van der Waals surface area contributed by atoms with E-state index in [0.717, 1.165) is 0 Å². The van der Waals surface area contributed by atoms with Crippen LogP contribution in [0.3, 0.4) is 0 Å². The first-order valence-corrected chi connectivity index (χ1v) is 4.32. The molecule has 0 radical (unpaired) electrons. The van der Waals surface area contributed by atoms with E-state index in [1.54, 1.807) is 6.92 Å². The predicted molar refractivity (Wildman–Crippen MR) is 52.5 cm³/mol. The Bertz CT molecular complexity index is 240. The fourth-order valence-corrected chi connectivity index (χ4v) is 0.987. The van der Waals surface area contributed by atoms with Crippen molar-refractivity contribution in [1.82, 2.24) is 9.97 Å². The third-order valence-corrected chi connectivity index (χ3v) is 1.54. The van der Waals surface area contributed by atoms with Crippen LogP contribution in [0, 0.1) is 6.92 Å². The first-order valence-electron chi connectivity index (χ1n) is 3.56. The van der Waals surface area contributed by atoms with Crippen molar-refractivity contribution in [1.29, 1.82) is 0 Å². The van der Waals surface area contributed by atoms with Crippen molar-refractivity contribution >= 4 is 28.9 Å². The van der Waals surface area contributed by atoms with Crippen molar-refractivity contribution in [2.75, 3.05) is 5.73 Å². The van der Waals surface area contributed by atoms with Crippen LogP contribution >= 0.6 is 23.2 Å². The molecule has 1 aromatic rings. The average Bonchev–Trinajstić information content (AvgIpc) is 2.04. The monoisotopic (exact) mass is 207 g/mol. The van der Waals surface area contributed by atoms with Gasteiger partial charge in [-0.15, -0.1) is 0 Å². The number of nitrogen functional groups attached to an aromatic ring is 1. The fraction of sp³-hybridized carbons (Fsp3) is 0.429. The highest BCUT2D eigenvalue weighted by atomic mass is 35.5. The van der Waals surface area contributed by atoms with Crippen LogP contribution in [-0.4, -0.2) is 9.97 Å². The number of hydrogen-bond donors (Lipinski definition) is 1. The standard InChI is InChI=1S/C5H5Cl2N3.C2H6/c1-2-9-4(6)3(8)5(7)10-2;1-2/h8H2,1H3;1-2H3. The number of aryl methyl sites for hydroxylation is 1. The molecule has 3 nitrogen and oxygen atoms in total. The molecule has 1 rings (SSSR count). The Morgan fingerprint density at radius 2 is 1.42 bits per heavy atom. The summed E-state index contributed by atoms with van der Waals surface area (Å²) >= 11 is 11.1. The molecule has 68 valence electrons. The van der Waals surface area contributed by atoms with Crippen molar-refractivity contribution in [2.45, 2.75) is 20.8 Å². The van der Waals surface area contributed by atoms with E-state index in [-0.39, 0.29) is 16.0 Å². The molecule has 2 N–H and O–H groups in total. The van der Waals surface area contributed by atoms with E-state index >= 15 is 0 Å². The minimum Gasteiger partial charge on any atom is -0.394 e. The minimum absolute atomic E-state index is 0.206. The van der Waals surface area contributed by atoms with E-state index in [4.69, 9.17) is 28.9 Å². The van der Waals surface area contributed by atoms with E-state index in [2.05, 4.69) is 9.97 Å². The smallest absolute Gasteiger partial charge is 0.157 e. The van der Waals surface area contributed by atoms with Gasteiger partial charge in [-0.3, -0.25) is 0 Å². The van der Waals surface area contributed by atoms with Crippen molar-refractivity contribution < 1.29 is 0 Å². The van der Waals surface area contributed by atoms with E-state index in [1.807, 2.05) is 13.8 Å². The van der Waals surface area contributed by atoms with Gasteiger partial charge in [0.1, 0.15) is 11.5 Å². The third-order valence-electron chi connectivity index (χ3n) is 0.964. The summed E-state index contributed by atoms with van der Waals surface area (Å²) in [6.07, 6.45) is 0. The van der Waals surface area contributed by atoms with Crippen LogP contribution < -0.4 is 5.73 Å². The molecule has 0 saturated heterocycles. The Hall–Kier alpha value is -0.540. The number of halogens is 2. The summed E-state index contributed by atoms with van der Waals surface area (Å²) in [4.78, 5) is 7.56. The Morgan fingerprint density at radius 3 is 1.75 bits per heavy atom. The van der Waals surface area contributed by atoms with Crippen LogP contribution in [0.4, 0.5) is 5.69 Å². The molecule has 1 heterocycles. The largest absolute Gasteiger partial charge is 0.394 e. The van der Waals surface area contributed by atoms with Gasteiger partial charge in [0.15, 0.2) is 10.3 Å². The second-order valence-corrected chi connectivity index (χ2v) is 2.48. The molecular weight excluding hydrogens is 197 g/mol. The second kappa shape index (κ2) is 5.17. The summed E-state index contributed by atoms with van der Waals surface area (Å²) in [7, 11) is 0. The van der Waals surface area contributed by atoms with Crippen LogP contribution in [0.25, 0.3) is 0 Å². The minimum atomic E-state index is 0.206. The van der Waals surface area contributed by atoms with Crippen LogP contribution in [0.5, 0.6) is 0 Å². The number of nitrogens with zero attached hydrogens (tertiary/aromatic N) is 2. The van der Waals surface area contributed by atoms with Gasteiger partial charge in [0, 0.05) is 0 Å². The zero-order valence-electron chi connectivity index (χ0n) is 7.23. The molecule has 5 heteroatoms. The highest BCUT2D eigenvalue weighted by Gasteiger charge is 2.04. The number of anilines is 1. The molecule has 0 aliphatic rings. The molecule has 12 heavy (non-hydrogen) atoms. The molecule has 0 saturated carbocycles. The normalized spacial score (nSPS) is 8.75. The van der Waals surface area contributed by atoms with Crippen molar-refractivity contribution in [2.24, 2.45) is 0 Å². The summed E-state index contributed by atoms with van der Waals surface area (Å²) in [6, 6.07) is 0. The van der Waals surface area contributed by atoms with Gasteiger partial charge < -0.3 is 5.73 Å². The van der Waals surface area contributed by atoms with Gasteiger partial charge in [0.2, 0.25) is 0 Å². The molecule has 0 bridgehead atoms. The van der Waals surface area contributed by atoms with Crippen LogP contribution in [-0.2, 0) is 0 Å². The fourth-order valence-electron chi connectivity index (χ4n) is 0.515. The number of rotatable bonds is 0. The molecule has 1 aromatic heterocycles. The van der Waals surface area contributed by atoms with E-state index < -0.39 is 0 Å². The Labute approximate surface area is 81.9 Å². The van der Waals surface area contributed by atoms with Gasteiger partial charge in [-0.1, -0.05) is 37.0 Å². The quantitative estimate of drug-likeness (QED) is 0.667. The molecular formula is C7H11Cl2N3. The summed E-state index contributed by atoms with van der Waals surface area (Å²) in [5, 5.41) is 0.412. The second-order valence-electron chi connectivity index (χ2n) is 1.77. The molecule has 0 aromatic carbocycles. The van der Waals surface area contributed by atoms with Gasteiger partial charge >= 0.3 is 0 Å². The lowest BCUT2D eigenvalue weighted by atomic mass is 10.5. The first-order chi connectivity index (χ1) is 5.61. The Kier molecular flexibility index (Phi) is 4.93. The van der Waals surface area contributed by atoms with E-state index in [9.17, 15) is 0 Å². The van der Waals surface area contributed by atoms with Crippen LogP contribution in [0.1, 0.15) is 19.7 Å². The lowest BCUT2D eigenvalue weighted by Gasteiger charge is -1.98. The summed E-state index contributed by atoms with van der Waals surface area (Å²) < 4.78 is 0. The van der Waals surface area contributed by atoms with E-state index in [1.165, 1.54) is 0 Å². The number of nitrogens with two attached hydrogens (primary N) is 1. The zero-order chi connectivity index (χ0) is 9.72. The molecule has 0 fully saturated rings. The highest BCUT2D eigenvalue weighted by molar-refractivity contribution is 6.37. The highest BCUT2D eigenvalue weighted by Crippen LogP contribution is 2.22. The molecule has 0 atom stereocenters. The SMILES string of the molecule is CC.Cc1nc(Cl)c(N)c(Cl)n1.